The van der Waals surface area contributed by atoms with Crippen molar-refractivity contribution in [1.82, 2.24) is 0 Å². The van der Waals surface area contributed by atoms with Crippen molar-refractivity contribution in [1.29, 1.82) is 0 Å². The molecule has 13 heavy (non-hydrogen) atoms. The summed E-state index contributed by atoms with van der Waals surface area (Å²) in [6, 6.07) is 4.19. The first-order chi connectivity index (χ1) is 6.06. The van der Waals surface area contributed by atoms with Crippen molar-refractivity contribution in [2.24, 2.45) is 0 Å². The highest BCUT2D eigenvalue weighted by Crippen LogP contribution is 2.22. The van der Waals surface area contributed by atoms with E-state index in [0.29, 0.717) is 5.75 Å². The minimum Gasteiger partial charge on any atom is -0.611 e. The zero-order valence-corrected chi connectivity index (χ0v) is 9.49. The van der Waals surface area contributed by atoms with Gasteiger partial charge in [-0.15, -0.1) is 0 Å². The van der Waals surface area contributed by atoms with Crippen molar-refractivity contribution in [2.75, 3.05) is 5.75 Å². The van der Waals surface area contributed by atoms with E-state index in [1.54, 1.807) is 0 Å². The first-order valence-electron chi connectivity index (χ1n) is 4.52. The third kappa shape index (κ3) is 2.26. The Labute approximate surface area is 83.4 Å². The Morgan fingerprint density at radius 2 is 1.62 bits per heavy atom. The Morgan fingerprint density at radius 1 is 1.15 bits per heavy atom. The molecular weight excluding hydrogens is 180 g/mol. The fourth-order valence-corrected chi connectivity index (χ4v) is 2.79. The molecule has 0 unspecified atom stereocenters. The molecule has 1 aromatic rings. The SMILES string of the molecule is CC[S@@+]([O-])c1c(C)cc(C)cc1C. The number of rotatable bonds is 2. The van der Waals surface area contributed by atoms with Crippen LogP contribution in [0.1, 0.15) is 23.6 Å². The van der Waals surface area contributed by atoms with E-state index in [2.05, 4.69) is 19.1 Å². The predicted molar refractivity (Wildman–Crippen MR) is 57.6 cm³/mol. The second-order valence-corrected chi connectivity index (χ2v) is 5.04. The third-order valence-electron chi connectivity index (χ3n) is 2.09. The van der Waals surface area contributed by atoms with Gasteiger partial charge in [0.15, 0.2) is 4.90 Å². The van der Waals surface area contributed by atoms with Gasteiger partial charge in [-0.3, -0.25) is 0 Å². The van der Waals surface area contributed by atoms with E-state index in [4.69, 9.17) is 0 Å². The lowest BCUT2D eigenvalue weighted by atomic mass is 10.1. The third-order valence-corrected chi connectivity index (χ3v) is 3.72. The maximum absolute atomic E-state index is 11.7. The Balaban J connectivity index is 3.20. The van der Waals surface area contributed by atoms with Crippen LogP contribution in [0.2, 0.25) is 0 Å². The maximum Gasteiger partial charge on any atom is 0.158 e. The van der Waals surface area contributed by atoms with E-state index >= 15 is 0 Å². The van der Waals surface area contributed by atoms with Crippen LogP contribution in [0, 0.1) is 20.8 Å². The Kier molecular flexibility index (Phi) is 3.40. The van der Waals surface area contributed by atoms with Crippen LogP contribution in [0.15, 0.2) is 17.0 Å². The smallest absolute Gasteiger partial charge is 0.158 e. The number of hydrogen-bond acceptors (Lipinski definition) is 1. The maximum atomic E-state index is 11.7. The Bertz CT molecular complexity index is 284. The van der Waals surface area contributed by atoms with Gasteiger partial charge in [0.25, 0.3) is 0 Å². The van der Waals surface area contributed by atoms with Gasteiger partial charge in [0.05, 0.1) is 0 Å². The van der Waals surface area contributed by atoms with Crippen LogP contribution in [0.4, 0.5) is 0 Å². The average Bonchev–Trinajstić information content (AvgIpc) is 2.02. The van der Waals surface area contributed by atoms with Gasteiger partial charge in [-0.1, -0.05) is 17.7 Å². The topological polar surface area (TPSA) is 23.1 Å². The summed E-state index contributed by atoms with van der Waals surface area (Å²) in [5.74, 6) is 0.699. The van der Waals surface area contributed by atoms with Crippen LogP contribution in [0.5, 0.6) is 0 Å². The molecule has 0 saturated carbocycles. The predicted octanol–water partition coefficient (Wildman–Crippen LogP) is 2.74. The first-order valence-corrected chi connectivity index (χ1v) is 5.84. The van der Waals surface area contributed by atoms with E-state index in [1.807, 2.05) is 20.8 Å². The summed E-state index contributed by atoms with van der Waals surface area (Å²) in [7, 11) is 0. The summed E-state index contributed by atoms with van der Waals surface area (Å²) in [6.07, 6.45) is 0. The fourth-order valence-electron chi connectivity index (χ4n) is 1.67. The molecule has 0 saturated heterocycles. The lowest BCUT2D eigenvalue weighted by Gasteiger charge is -2.13. The minimum absolute atomic E-state index is 0.699. The van der Waals surface area contributed by atoms with Crippen molar-refractivity contribution in [2.45, 2.75) is 32.6 Å². The molecule has 1 nitrogen and oxygen atoms in total. The largest absolute Gasteiger partial charge is 0.611 e. The number of hydrogen-bond donors (Lipinski definition) is 0. The zero-order valence-electron chi connectivity index (χ0n) is 8.68. The molecule has 0 spiro atoms. The molecule has 72 valence electrons. The normalized spacial score (nSPS) is 13.0. The van der Waals surface area contributed by atoms with Crippen molar-refractivity contribution >= 4 is 11.2 Å². The lowest BCUT2D eigenvalue weighted by molar-refractivity contribution is 0.595. The number of aryl methyl sites for hydroxylation is 3. The molecule has 0 heterocycles. The van der Waals surface area contributed by atoms with E-state index < -0.39 is 11.2 Å². The second-order valence-electron chi connectivity index (χ2n) is 3.36. The van der Waals surface area contributed by atoms with E-state index in [-0.39, 0.29) is 0 Å². The molecule has 0 N–H and O–H groups in total. The molecule has 0 amide bonds. The standard InChI is InChI=1S/C11H16OS/c1-5-13(12)11-9(3)6-8(2)7-10(11)4/h6-7H,5H2,1-4H3/t13-/m1/s1. The van der Waals surface area contributed by atoms with Crippen molar-refractivity contribution in [3.05, 3.63) is 28.8 Å². The zero-order chi connectivity index (χ0) is 10.0. The highest BCUT2D eigenvalue weighted by atomic mass is 32.2. The van der Waals surface area contributed by atoms with Crippen LogP contribution in [-0.2, 0) is 11.2 Å². The molecule has 2 heteroatoms. The fraction of sp³-hybridized carbons (Fsp3) is 0.455. The lowest BCUT2D eigenvalue weighted by Crippen LogP contribution is -2.08. The van der Waals surface area contributed by atoms with Crippen molar-refractivity contribution in [3.63, 3.8) is 0 Å². The molecule has 1 aromatic carbocycles. The molecule has 0 aromatic heterocycles. The Morgan fingerprint density at radius 3 is 2.00 bits per heavy atom. The van der Waals surface area contributed by atoms with Gasteiger partial charge in [0, 0.05) is 11.1 Å². The average molecular weight is 196 g/mol. The summed E-state index contributed by atoms with van der Waals surface area (Å²) in [6.45, 7) is 8.08. The van der Waals surface area contributed by atoms with Gasteiger partial charge in [0.2, 0.25) is 0 Å². The van der Waals surface area contributed by atoms with Gasteiger partial charge in [-0.2, -0.15) is 0 Å². The quantitative estimate of drug-likeness (QED) is 0.667. The monoisotopic (exact) mass is 196 g/mol. The molecular formula is C11H16OS. The van der Waals surface area contributed by atoms with Crippen molar-refractivity contribution < 1.29 is 4.55 Å². The van der Waals surface area contributed by atoms with Crippen LogP contribution in [0.25, 0.3) is 0 Å². The van der Waals surface area contributed by atoms with Gasteiger partial charge < -0.3 is 4.55 Å². The molecule has 0 fully saturated rings. The van der Waals surface area contributed by atoms with Crippen LogP contribution < -0.4 is 0 Å². The summed E-state index contributed by atoms with van der Waals surface area (Å²) >= 11 is -0.822. The van der Waals surface area contributed by atoms with E-state index in [1.165, 1.54) is 5.56 Å². The summed E-state index contributed by atoms with van der Waals surface area (Å²) < 4.78 is 11.7. The van der Waals surface area contributed by atoms with Gasteiger partial charge in [-0.05, 0) is 38.9 Å². The van der Waals surface area contributed by atoms with Gasteiger partial charge in [-0.25, -0.2) is 0 Å². The van der Waals surface area contributed by atoms with Crippen LogP contribution in [-0.4, -0.2) is 10.3 Å². The second kappa shape index (κ2) is 4.16. The van der Waals surface area contributed by atoms with Crippen LogP contribution in [0.3, 0.4) is 0 Å². The highest BCUT2D eigenvalue weighted by molar-refractivity contribution is 7.91. The molecule has 1 rings (SSSR count). The molecule has 0 aliphatic rings. The minimum atomic E-state index is -0.822. The van der Waals surface area contributed by atoms with E-state index in [9.17, 15) is 4.55 Å². The first kappa shape index (κ1) is 10.6. The highest BCUT2D eigenvalue weighted by Gasteiger charge is 2.14. The van der Waals surface area contributed by atoms with E-state index in [0.717, 1.165) is 16.0 Å². The Hall–Kier alpha value is -0.470. The number of benzene rings is 1. The molecule has 0 aliphatic carbocycles. The van der Waals surface area contributed by atoms with Crippen molar-refractivity contribution in [3.8, 4) is 0 Å². The van der Waals surface area contributed by atoms with Gasteiger partial charge >= 0.3 is 0 Å². The molecule has 0 radical (unpaired) electrons. The summed E-state index contributed by atoms with van der Waals surface area (Å²) in [4.78, 5) is 1.02. The molecule has 0 aliphatic heterocycles. The molecule has 0 bridgehead atoms. The van der Waals surface area contributed by atoms with Crippen LogP contribution >= 0.6 is 0 Å². The molecule has 1 atom stereocenters. The summed E-state index contributed by atoms with van der Waals surface area (Å²) in [5, 5.41) is 0. The summed E-state index contributed by atoms with van der Waals surface area (Å²) in [5.41, 5.74) is 3.54. The van der Waals surface area contributed by atoms with Gasteiger partial charge in [0.1, 0.15) is 5.75 Å².